The highest BCUT2D eigenvalue weighted by atomic mass is 16.7. The Balaban J connectivity index is 3.98. The molecule has 0 heterocycles. The van der Waals surface area contributed by atoms with Crippen molar-refractivity contribution >= 4 is 0 Å². The van der Waals surface area contributed by atoms with Crippen LogP contribution in [0.25, 0.3) is 0 Å². The zero-order valence-electron chi connectivity index (χ0n) is 11.1. The standard InChI is InChI=1S/C14H24O2/c1-6-7-14(15-10-8-12(2)3)16-11-9-13(4)5/h6-9,14H,10-11H2,1-5H3/b7-6+. The summed E-state index contributed by atoms with van der Waals surface area (Å²) in [6, 6.07) is 0. The van der Waals surface area contributed by atoms with Crippen LogP contribution in [0.3, 0.4) is 0 Å². The van der Waals surface area contributed by atoms with E-state index in [1.807, 2.05) is 31.2 Å². The Morgan fingerprint density at radius 1 is 0.938 bits per heavy atom. The molecule has 0 N–H and O–H groups in total. The van der Waals surface area contributed by atoms with Crippen molar-refractivity contribution in [3.8, 4) is 0 Å². The Bertz CT molecular complexity index is 232. The SMILES string of the molecule is C/C=C/C(OCC=C(C)C)OCC=C(C)C. The summed E-state index contributed by atoms with van der Waals surface area (Å²) in [5.74, 6) is 0. The lowest BCUT2D eigenvalue weighted by Crippen LogP contribution is -2.15. The predicted octanol–water partition coefficient (Wildman–Crippen LogP) is 3.85. The zero-order chi connectivity index (χ0) is 12.4. The number of allylic oxidation sites excluding steroid dienone is 3. The molecule has 0 aromatic rings. The van der Waals surface area contributed by atoms with Crippen LogP contribution in [-0.2, 0) is 9.47 Å². The van der Waals surface area contributed by atoms with E-state index in [2.05, 4.69) is 27.7 Å². The average molecular weight is 224 g/mol. The summed E-state index contributed by atoms with van der Waals surface area (Å²) >= 11 is 0. The van der Waals surface area contributed by atoms with Crippen LogP contribution in [0.1, 0.15) is 34.6 Å². The lowest BCUT2D eigenvalue weighted by Gasteiger charge is -2.13. The minimum atomic E-state index is -0.254. The molecule has 0 radical (unpaired) electrons. The van der Waals surface area contributed by atoms with E-state index in [0.717, 1.165) is 0 Å². The van der Waals surface area contributed by atoms with E-state index in [4.69, 9.17) is 9.47 Å². The average Bonchev–Trinajstić information content (AvgIpc) is 2.16. The lowest BCUT2D eigenvalue weighted by molar-refractivity contribution is -0.0938. The van der Waals surface area contributed by atoms with Gasteiger partial charge in [-0.1, -0.05) is 29.4 Å². The molecule has 0 saturated carbocycles. The van der Waals surface area contributed by atoms with Crippen molar-refractivity contribution in [1.82, 2.24) is 0 Å². The number of hydrogen-bond acceptors (Lipinski definition) is 2. The molecule has 0 aliphatic heterocycles. The van der Waals surface area contributed by atoms with E-state index < -0.39 is 0 Å². The van der Waals surface area contributed by atoms with Gasteiger partial charge in [0.2, 0.25) is 0 Å². The third kappa shape index (κ3) is 9.69. The van der Waals surface area contributed by atoms with Crippen molar-refractivity contribution in [3.63, 3.8) is 0 Å². The maximum Gasteiger partial charge on any atom is 0.177 e. The van der Waals surface area contributed by atoms with Gasteiger partial charge in [-0.15, -0.1) is 0 Å². The Hall–Kier alpha value is -0.860. The molecular formula is C14H24O2. The van der Waals surface area contributed by atoms with Crippen LogP contribution in [0.5, 0.6) is 0 Å². The molecule has 0 aromatic heterocycles. The molecule has 92 valence electrons. The fourth-order valence-corrected chi connectivity index (χ4v) is 0.936. The first-order valence-electron chi connectivity index (χ1n) is 5.69. The molecule has 0 fully saturated rings. The maximum absolute atomic E-state index is 5.56. The topological polar surface area (TPSA) is 18.5 Å². The molecule has 0 aromatic carbocycles. The van der Waals surface area contributed by atoms with E-state index in [-0.39, 0.29) is 6.29 Å². The van der Waals surface area contributed by atoms with E-state index in [1.165, 1.54) is 11.1 Å². The third-order valence-electron chi connectivity index (χ3n) is 1.85. The van der Waals surface area contributed by atoms with Gasteiger partial charge in [0.25, 0.3) is 0 Å². The van der Waals surface area contributed by atoms with Crippen LogP contribution in [-0.4, -0.2) is 19.5 Å². The minimum absolute atomic E-state index is 0.254. The first-order valence-corrected chi connectivity index (χ1v) is 5.69. The van der Waals surface area contributed by atoms with Gasteiger partial charge in [-0.2, -0.15) is 0 Å². The van der Waals surface area contributed by atoms with Crippen LogP contribution in [0, 0.1) is 0 Å². The van der Waals surface area contributed by atoms with Crippen molar-refractivity contribution in [2.24, 2.45) is 0 Å². The second kappa shape index (κ2) is 9.37. The van der Waals surface area contributed by atoms with Crippen molar-refractivity contribution < 1.29 is 9.47 Å². The highest BCUT2D eigenvalue weighted by molar-refractivity contribution is 4.94. The van der Waals surface area contributed by atoms with Gasteiger partial charge >= 0.3 is 0 Å². The van der Waals surface area contributed by atoms with Gasteiger partial charge in [0.1, 0.15) is 0 Å². The summed E-state index contributed by atoms with van der Waals surface area (Å²) in [6.07, 6.45) is 7.69. The van der Waals surface area contributed by atoms with E-state index in [1.54, 1.807) is 0 Å². The predicted molar refractivity (Wildman–Crippen MR) is 69.4 cm³/mol. The summed E-state index contributed by atoms with van der Waals surface area (Å²) in [5, 5.41) is 0. The van der Waals surface area contributed by atoms with Crippen molar-refractivity contribution in [1.29, 1.82) is 0 Å². The van der Waals surface area contributed by atoms with Gasteiger partial charge in [0.15, 0.2) is 6.29 Å². The Kier molecular flexibility index (Phi) is 8.87. The first kappa shape index (κ1) is 15.1. The van der Waals surface area contributed by atoms with Gasteiger partial charge < -0.3 is 9.47 Å². The van der Waals surface area contributed by atoms with Crippen LogP contribution in [0.2, 0.25) is 0 Å². The molecule has 0 aliphatic carbocycles. The smallest absolute Gasteiger partial charge is 0.177 e. The molecule has 16 heavy (non-hydrogen) atoms. The van der Waals surface area contributed by atoms with E-state index in [9.17, 15) is 0 Å². The van der Waals surface area contributed by atoms with Gasteiger partial charge in [-0.25, -0.2) is 0 Å². The van der Waals surface area contributed by atoms with Gasteiger partial charge in [-0.3, -0.25) is 0 Å². The summed E-state index contributed by atoms with van der Waals surface area (Å²) in [5.41, 5.74) is 2.51. The summed E-state index contributed by atoms with van der Waals surface area (Å²) in [7, 11) is 0. The molecule has 0 rings (SSSR count). The highest BCUT2D eigenvalue weighted by Gasteiger charge is 2.02. The van der Waals surface area contributed by atoms with Crippen molar-refractivity contribution in [3.05, 3.63) is 35.5 Å². The van der Waals surface area contributed by atoms with E-state index in [0.29, 0.717) is 13.2 Å². The zero-order valence-corrected chi connectivity index (χ0v) is 11.1. The summed E-state index contributed by atoms with van der Waals surface area (Å²) in [6.45, 7) is 11.4. The molecule has 0 aliphatic rings. The van der Waals surface area contributed by atoms with Crippen LogP contribution >= 0.6 is 0 Å². The maximum atomic E-state index is 5.56. The fourth-order valence-electron chi connectivity index (χ4n) is 0.936. The molecule has 0 bridgehead atoms. The van der Waals surface area contributed by atoms with Crippen molar-refractivity contribution in [2.75, 3.05) is 13.2 Å². The van der Waals surface area contributed by atoms with Crippen LogP contribution in [0.15, 0.2) is 35.5 Å². The Labute approximate surface area is 99.6 Å². The second-order valence-electron chi connectivity index (χ2n) is 4.12. The molecule has 0 saturated heterocycles. The second-order valence-corrected chi connectivity index (χ2v) is 4.12. The van der Waals surface area contributed by atoms with Crippen molar-refractivity contribution in [2.45, 2.75) is 40.9 Å². The van der Waals surface area contributed by atoms with Gasteiger partial charge in [0, 0.05) is 0 Å². The fraction of sp³-hybridized carbons (Fsp3) is 0.571. The number of ether oxygens (including phenoxy) is 2. The summed E-state index contributed by atoms with van der Waals surface area (Å²) in [4.78, 5) is 0. The largest absolute Gasteiger partial charge is 0.345 e. The lowest BCUT2D eigenvalue weighted by atomic mass is 10.3. The number of hydrogen-bond donors (Lipinski definition) is 0. The quantitative estimate of drug-likeness (QED) is 0.483. The molecular weight excluding hydrogens is 200 g/mol. The molecule has 2 nitrogen and oxygen atoms in total. The normalized spacial score (nSPS) is 10.9. The number of rotatable bonds is 7. The Morgan fingerprint density at radius 3 is 1.69 bits per heavy atom. The summed E-state index contributed by atoms with van der Waals surface area (Å²) < 4.78 is 11.1. The highest BCUT2D eigenvalue weighted by Crippen LogP contribution is 2.00. The molecule has 0 spiro atoms. The molecule has 0 amide bonds. The molecule has 2 heteroatoms. The minimum Gasteiger partial charge on any atom is -0.345 e. The van der Waals surface area contributed by atoms with E-state index >= 15 is 0 Å². The Morgan fingerprint density at radius 2 is 1.38 bits per heavy atom. The van der Waals surface area contributed by atoms with Crippen LogP contribution in [0.4, 0.5) is 0 Å². The van der Waals surface area contributed by atoms with Crippen LogP contribution < -0.4 is 0 Å². The first-order chi connectivity index (χ1) is 7.56. The molecule has 0 atom stereocenters. The van der Waals surface area contributed by atoms with Gasteiger partial charge in [0.05, 0.1) is 13.2 Å². The third-order valence-corrected chi connectivity index (χ3v) is 1.85. The molecule has 0 unspecified atom stereocenters. The van der Waals surface area contributed by atoms with Gasteiger partial charge in [-0.05, 0) is 40.7 Å². The monoisotopic (exact) mass is 224 g/mol.